The molecule has 74 valence electrons. The number of nitrogens with one attached hydrogen (secondary N) is 1. The van der Waals surface area contributed by atoms with E-state index < -0.39 is 0 Å². The van der Waals surface area contributed by atoms with Gasteiger partial charge in [0, 0.05) is 22.8 Å². The van der Waals surface area contributed by atoms with Crippen molar-refractivity contribution in [1.29, 1.82) is 0 Å². The molecule has 0 saturated carbocycles. The second-order valence-corrected chi connectivity index (χ2v) is 3.89. The van der Waals surface area contributed by atoms with E-state index >= 15 is 0 Å². The molecular formula is C10H11ClN2O. The van der Waals surface area contributed by atoms with Gasteiger partial charge in [0.15, 0.2) is 0 Å². The SMILES string of the molecule is CN1CC(=O)Nc2cccc(Cl)c2C1. The van der Waals surface area contributed by atoms with E-state index in [4.69, 9.17) is 11.6 Å². The van der Waals surface area contributed by atoms with Crippen LogP contribution in [-0.2, 0) is 11.3 Å². The molecule has 0 radical (unpaired) electrons. The maximum Gasteiger partial charge on any atom is 0.238 e. The molecule has 0 fully saturated rings. The molecule has 1 aromatic carbocycles. The molecule has 4 heteroatoms. The zero-order valence-corrected chi connectivity index (χ0v) is 8.64. The summed E-state index contributed by atoms with van der Waals surface area (Å²) in [6.45, 7) is 1.11. The second-order valence-electron chi connectivity index (χ2n) is 3.49. The number of hydrogen-bond donors (Lipinski definition) is 1. The van der Waals surface area contributed by atoms with Crippen molar-refractivity contribution in [2.45, 2.75) is 6.54 Å². The van der Waals surface area contributed by atoms with E-state index in [2.05, 4.69) is 5.32 Å². The van der Waals surface area contributed by atoms with E-state index in [1.807, 2.05) is 30.1 Å². The van der Waals surface area contributed by atoms with E-state index in [1.165, 1.54) is 0 Å². The molecule has 1 amide bonds. The van der Waals surface area contributed by atoms with Crippen molar-refractivity contribution in [3.8, 4) is 0 Å². The Morgan fingerprint density at radius 2 is 2.21 bits per heavy atom. The number of amides is 1. The molecule has 0 bridgehead atoms. The third-order valence-corrected chi connectivity index (χ3v) is 2.59. The minimum Gasteiger partial charge on any atom is -0.325 e. The molecule has 3 nitrogen and oxygen atoms in total. The van der Waals surface area contributed by atoms with Crippen molar-refractivity contribution in [2.75, 3.05) is 18.9 Å². The summed E-state index contributed by atoms with van der Waals surface area (Å²) >= 11 is 6.05. The van der Waals surface area contributed by atoms with Crippen LogP contribution in [0.5, 0.6) is 0 Å². The summed E-state index contributed by atoms with van der Waals surface area (Å²) < 4.78 is 0. The number of anilines is 1. The minimum absolute atomic E-state index is 0.00789. The van der Waals surface area contributed by atoms with Crippen LogP contribution >= 0.6 is 11.6 Å². The summed E-state index contributed by atoms with van der Waals surface area (Å²) in [7, 11) is 1.90. The highest BCUT2D eigenvalue weighted by molar-refractivity contribution is 6.31. The maximum atomic E-state index is 11.4. The largest absolute Gasteiger partial charge is 0.325 e. The Morgan fingerprint density at radius 3 is 3.00 bits per heavy atom. The van der Waals surface area contributed by atoms with E-state index in [9.17, 15) is 4.79 Å². The van der Waals surface area contributed by atoms with Gasteiger partial charge in [-0.05, 0) is 19.2 Å². The highest BCUT2D eigenvalue weighted by atomic mass is 35.5. The van der Waals surface area contributed by atoms with Gasteiger partial charge in [-0.25, -0.2) is 0 Å². The van der Waals surface area contributed by atoms with E-state index in [0.29, 0.717) is 18.1 Å². The molecule has 1 aliphatic rings. The number of carbonyl (C=O) groups is 1. The average molecular weight is 211 g/mol. The number of halogens is 1. The Bertz CT molecular complexity index is 378. The fourth-order valence-corrected chi connectivity index (χ4v) is 1.83. The van der Waals surface area contributed by atoms with Gasteiger partial charge in [-0.2, -0.15) is 0 Å². The average Bonchev–Trinajstić information content (AvgIpc) is 2.23. The molecule has 1 N–H and O–H groups in total. The number of likely N-dealkylation sites (N-methyl/N-ethyl adjacent to an activating group) is 1. The first-order valence-corrected chi connectivity index (χ1v) is 4.80. The summed E-state index contributed by atoms with van der Waals surface area (Å²) in [5.41, 5.74) is 1.81. The number of rotatable bonds is 0. The van der Waals surface area contributed by atoms with Crippen LogP contribution in [0.4, 0.5) is 5.69 Å². The van der Waals surface area contributed by atoms with Crippen LogP contribution in [0.15, 0.2) is 18.2 Å². The summed E-state index contributed by atoms with van der Waals surface area (Å²) in [6.07, 6.45) is 0. The van der Waals surface area contributed by atoms with E-state index in [0.717, 1.165) is 11.3 Å². The number of benzene rings is 1. The fraction of sp³-hybridized carbons (Fsp3) is 0.300. The highest BCUT2D eigenvalue weighted by Gasteiger charge is 2.17. The minimum atomic E-state index is 0.00789. The monoisotopic (exact) mass is 210 g/mol. The van der Waals surface area contributed by atoms with Gasteiger partial charge in [-0.1, -0.05) is 17.7 Å². The lowest BCUT2D eigenvalue weighted by molar-refractivity contribution is -0.116. The van der Waals surface area contributed by atoms with Crippen LogP contribution in [0.25, 0.3) is 0 Å². The van der Waals surface area contributed by atoms with Gasteiger partial charge in [0.25, 0.3) is 0 Å². The maximum absolute atomic E-state index is 11.4. The summed E-state index contributed by atoms with van der Waals surface area (Å²) in [4.78, 5) is 13.3. The smallest absolute Gasteiger partial charge is 0.238 e. The molecule has 14 heavy (non-hydrogen) atoms. The lowest BCUT2D eigenvalue weighted by Crippen LogP contribution is -2.26. The first kappa shape index (κ1) is 9.49. The van der Waals surface area contributed by atoms with Gasteiger partial charge in [0.2, 0.25) is 5.91 Å². The second kappa shape index (κ2) is 3.59. The van der Waals surface area contributed by atoms with Gasteiger partial charge in [-0.3, -0.25) is 9.69 Å². The van der Waals surface area contributed by atoms with Gasteiger partial charge in [0.1, 0.15) is 0 Å². The summed E-state index contributed by atoms with van der Waals surface area (Å²) in [5.74, 6) is 0.00789. The lowest BCUT2D eigenvalue weighted by Gasteiger charge is -2.12. The molecule has 0 atom stereocenters. The van der Waals surface area contributed by atoms with Gasteiger partial charge < -0.3 is 5.32 Å². The molecule has 1 aliphatic heterocycles. The van der Waals surface area contributed by atoms with Crippen LogP contribution in [0, 0.1) is 0 Å². The van der Waals surface area contributed by atoms with Crippen LogP contribution in [0.2, 0.25) is 5.02 Å². The predicted octanol–water partition coefficient (Wildman–Crippen LogP) is 1.72. The summed E-state index contributed by atoms with van der Waals surface area (Å²) in [5, 5.41) is 3.53. The van der Waals surface area contributed by atoms with Crippen molar-refractivity contribution in [3.05, 3.63) is 28.8 Å². The zero-order chi connectivity index (χ0) is 10.1. The number of fused-ring (bicyclic) bond motifs is 1. The molecule has 0 aliphatic carbocycles. The van der Waals surface area contributed by atoms with Gasteiger partial charge in [-0.15, -0.1) is 0 Å². The number of hydrogen-bond acceptors (Lipinski definition) is 2. The third kappa shape index (κ3) is 1.74. The third-order valence-electron chi connectivity index (χ3n) is 2.23. The van der Waals surface area contributed by atoms with Crippen LogP contribution in [0.3, 0.4) is 0 Å². The number of carbonyl (C=O) groups excluding carboxylic acids is 1. The van der Waals surface area contributed by atoms with Crippen molar-refractivity contribution in [2.24, 2.45) is 0 Å². The van der Waals surface area contributed by atoms with Crippen LogP contribution < -0.4 is 5.32 Å². The van der Waals surface area contributed by atoms with Gasteiger partial charge >= 0.3 is 0 Å². The first-order chi connectivity index (χ1) is 6.66. The molecule has 0 spiro atoms. The van der Waals surface area contributed by atoms with Crippen molar-refractivity contribution >= 4 is 23.2 Å². The number of nitrogens with zero attached hydrogens (tertiary/aromatic N) is 1. The quantitative estimate of drug-likeness (QED) is 0.707. The zero-order valence-electron chi connectivity index (χ0n) is 7.88. The van der Waals surface area contributed by atoms with E-state index in [-0.39, 0.29) is 5.91 Å². The normalized spacial score (nSPS) is 17.1. The van der Waals surface area contributed by atoms with Crippen molar-refractivity contribution in [3.63, 3.8) is 0 Å². The van der Waals surface area contributed by atoms with Crippen molar-refractivity contribution in [1.82, 2.24) is 4.90 Å². The summed E-state index contributed by atoms with van der Waals surface area (Å²) in [6, 6.07) is 5.55. The van der Waals surface area contributed by atoms with Crippen molar-refractivity contribution < 1.29 is 4.79 Å². The molecule has 0 unspecified atom stereocenters. The molecular weight excluding hydrogens is 200 g/mol. The van der Waals surface area contributed by atoms with Crippen LogP contribution in [0.1, 0.15) is 5.56 Å². The molecule has 0 aromatic heterocycles. The Hall–Kier alpha value is -1.06. The van der Waals surface area contributed by atoms with Crippen LogP contribution in [-0.4, -0.2) is 24.4 Å². The van der Waals surface area contributed by atoms with Gasteiger partial charge in [0.05, 0.1) is 6.54 Å². The standard InChI is InChI=1S/C10H11ClN2O/c1-13-5-7-8(11)3-2-4-9(7)12-10(14)6-13/h2-4H,5-6H2,1H3,(H,12,14). The topological polar surface area (TPSA) is 32.3 Å². The molecule has 1 heterocycles. The molecule has 1 aromatic rings. The lowest BCUT2D eigenvalue weighted by atomic mass is 10.2. The highest BCUT2D eigenvalue weighted by Crippen LogP contribution is 2.27. The fourth-order valence-electron chi connectivity index (χ4n) is 1.60. The first-order valence-electron chi connectivity index (χ1n) is 4.42. The molecule has 0 saturated heterocycles. The Morgan fingerprint density at radius 1 is 1.43 bits per heavy atom. The predicted molar refractivity (Wildman–Crippen MR) is 56.4 cm³/mol. The Balaban J connectivity index is 2.46. The molecule has 2 rings (SSSR count). The Labute approximate surface area is 87.7 Å². The Kier molecular flexibility index (Phi) is 2.44. The van der Waals surface area contributed by atoms with E-state index in [1.54, 1.807) is 0 Å².